The van der Waals surface area contributed by atoms with E-state index in [0.717, 1.165) is 4.47 Å². The van der Waals surface area contributed by atoms with Crippen LogP contribution in [0.1, 0.15) is 0 Å². The van der Waals surface area contributed by atoms with E-state index in [1.807, 2.05) is 12.1 Å². The third kappa shape index (κ3) is 1.74. The molecule has 0 radical (unpaired) electrons. The van der Waals surface area contributed by atoms with Crippen molar-refractivity contribution in [2.45, 2.75) is 0 Å². The van der Waals surface area contributed by atoms with Gasteiger partial charge in [-0.15, -0.1) is 0 Å². The number of fused-ring (bicyclic) bond motifs is 2. The predicted octanol–water partition coefficient (Wildman–Crippen LogP) is 3.91. The van der Waals surface area contributed by atoms with Gasteiger partial charge in [0.2, 0.25) is 0 Å². The van der Waals surface area contributed by atoms with Gasteiger partial charge < -0.3 is 10.1 Å². The smallest absolute Gasteiger partial charge is 0.197 e. The van der Waals surface area contributed by atoms with Crippen molar-refractivity contribution in [2.75, 3.05) is 0 Å². The van der Waals surface area contributed by atoms with E-state index < -0.39 is 0 Å². The molecule has 0 aliphatic carbocycles. The maximum atomic E-state index is 12.4. The molecule has 3 rings (SSSR count). The Morgan fingerprint density at radius 2 is 1.72 bits per heavy atom. The number of rotatable bonds is 0. The second-order valence-electron chi connectivity index (χ2n) is 3.99. The highest BCUT2D eigenvalue weighted by molar-refractivity contribution is 9.10. The normalized spacial score (nSPS) is 11.2. The number of pyridine rings is 1. The van der Waals surface area contributed by atoms with Crippen molar-refractivity contribution < 1.29 is 5.11 Å². The van der Waals surface area contributed by atoms with Gasteiger partial charge in [-0.25, -0.2) is 0 Å². The summed E-state index contributed by atoms with van der Waals surface area (Å²) < 4.78 is 1.52. The summed E-state index contributed by atoms with van der Waals surface area (Å²) in [4.78, 5) is 15.5. The zero-order valence-electron chi connectivity index (χ0n) is 9.00. The van der Waals surface area contributed by atoms with Crippen molar-refractivity contribution in [3.63, 3.8) is 0 Å². The van der Waals surface area contributed by atoms with Crippen molar-refractivity contribution in [1.82, 2.24) is 4.98 Å². The van der Waals surface area contributed by atoms with Gasteiger partial charge in [-0.05, 0) is 30.3 Å². The molecule has 0 spiro atoms. The van der Waals surface area contributed by atoms with Crippen LogP contribution < -0.4 is 5.43 Å². The van der Waals surface area contributed by atoms with Gasteiger partial charge in [-0.1, -0.05) is 31.9 Å². The first-order valence-corrected chi connectivity index (χ1v) is 6.78. The molecule has 1 aromatic heterocycles. The number of phenolic OH excluding ortho intramolecular Hbond substituents is 1. The van der Waals surface area contributed by atoms with Gasteiger partial charge in [0.15, 0.2) is 5.43 Å². The summed E-state index contributed by atoms with van der Waals surface area (Å²) in [7, 11) is 0. The van der Waals surface area contributed by atoms with E-state index in [-0.39, 0.29) is 11.2 Å². The number of aromatic nitrogens is 1. The number of hydrogen-bond donors (Lipinski definition) is 2. The van der Waals surface area contributed by atoms with Crippen LogP contribution in [0.15, 0.2) is 44.1 Å². The summed E-state index contributed by atoms with van der Waals surface area (Å²) in [5.41, 5.74) is 1.06. The molecule has 1 heterocycles. The largest absolute Gasteiger partial charge is 0.506 e. The fourth-order valence-corrected chi connectivity index (χ4v) is 2.80. The summed E-state index contributed by atoms with van der Waals surface area (Å²) in [5.74, 6) is 0.0568. The van der Waals surface area contributed by atoms with Gasteiger partial charge in [-0.2, -0.15) is 0 Å². The zero-order valence-corrected chi connectivity index (χ0v) is 12.2. The van der Waals surface area contributed by atoms with E-state index in [0.29, 0.717) is 26.3 Å². The molecule has 90 valence electrons. The number of hydrogen-bond acceptors (Lipinski definition) is 2. The SMILES string of the molecule is O=c1c2cc(Br)ccc2[nH]c2c(O)cc(Br)cc12. The second kappa shape index (κ2) is 4.10. The molecule has 18 heavy (non-hydrogen) atoms. The lowest BCUT2D eigenvalue weighted by Gasteiger charge is -2.05. The van der Waals surface area contributed by atoms with Crippen LogP contribution in [0.2, 0.25) is 0 Å². The third-order valence-electron chi connectivity index (χ3n) is 2.81. The van der Waals surface area contributed by atoms with E-state index in [1.54, 1.807) is 18.2 Å². The predicted molar refractivity (Wildman–Crippen MR) is 79.1 cm³/mol. The quantitative estimate of drug-likeness (QED) is 0.591. The van der Waals surface area contributed by atoms with Crippen molar-refractivity contribution >= 4 is 53.7 Å². The van der Waals surface area contributed by atoms with Crippen LogP contribution >= 0.6 is 31.9 Å². The number of halogens is 2. The van der Waals surface area contributed by atoms with Crippen molar-refractivity contribution in [2.24, 2.45) is 0 Å². The van der Waals surface area contributed by atoms with Crippen LogP contribution in [-0.2, 0) is 0 Å². The summed E-state index contributed by atoms with van der Waals surface area (Å²) in [5, 5.41) is 10.9. The maximum Gasteiger partial charge on any atom is 0.197 e. The lowest BCUT2D eigenvalue weighted by molar-refractivity contribution is 0.480. The molecule has 0 unspecified atom stereocenters. The Morgan fingerprint density at radius 1 is 1.00 bits per heavy atom. The molecule has 0 saturated carbocycles. The van der Waals surface area contributed by atoms with Crippen LogP contribution in [0.3, 0.4) is 0 Å². The van der Waals surface area contributed by atoms with Gasteiger partial charge in [0, 0.05) is 19.8 Å². The average molecular weight is 369 g/mol. The van der Waals surface area contributed by atoms with Gasteiger partial charge in [-0.3, -0.25) is 4.79 Å². The maximum absolute atomic E-state index is 12.4. The molecule has 3 nitrogen and oxygen atoms in total. The monoisotopic (exact) mass is 367 g/mol. The third-order valence-corrected chi connectivity index (χ3v) is 3.76. The van der Waals surface area contributed by atoms with Gasteiger partial charge >= 0.3 is 0 Å². The van der Waals surface area contributed by atoms with E-state index in [4.69, 9.17) is 0 Å². The second-order valence-corrected chi connectivity index (χ2v) is 5.82. The molecule has 0 fully saturated rings. The zero-order chi connectivity index (χ0) is 12.9. The number of aromatic amines is 1. The average Bonchev–Trinajstić information content (AvgIpc) is 2.32. The summed E-state index contributed by atoms with van der Waals surface area (Å²) in [6, 6.07) is 8.69. The Hall–Kier alpha value is -1.33. The Bertz CT molecular complexity index is 840. The Labute approximate surface area is 119 Å². The first-order valence-electron chi connectivity index (χ1n) is 5.20. The molecule has 3 aromatic rings. The number of H-pyrrole nitrogens is 1. The molecule has 2 N–H and O–H groups in total. The minimum absolute atomic E-state index is 0.0568. The molecule has 0 bridgehead atoms. The van der Waals surface area contributed by atoms with Crippen molar-refractivity contribution in [3.8, 4) is 5.75 Å². The number of benzene rings is 2. The minimum Gasteiger partial charge on any atom is -0.506 e. The highest BCUT2D eigenvalue weighted by Crippen LogP contribution is 2.28. The summed E-state index contributed by atoms with van der Waals surface area (Å²) >= 11 is 6.62. The highest BCUT2D eigenvalue weighted by Gasteiger charge is 2.09. The van der Waals surface area contributed by atoms with Crippen molar-refractivity contribution in [3.05, 3.63) is 49.5 Å². The van der Waals surface area contributed by atoms with E-state index in [9.17, 15) is 9.90 Å². The Kier molecular flexibility index (Phi) is 2.68. The molecule has 5 heteroatoms. The fraction of sp³-hybridized carbons (Fsp3) is 0. The Morgan fingerprint density at radius 3 is 2.50 bits per heavy atom. The molecule has 0 aliphatic rings. The Balaban J connectivity index is 2.61. The molecular weight excluding hydrogens is 362 g/mol. The number of phenols is 1. The van der Waals surface area contributed by atoms with Gasteiger partial charge in [0.1, 0.15) is 5.75 Å². The minimum atomic E-state index is -0.100. The van der Waals surface area contributed by atoms with Gasteiger partial charge in [0.05, 0.1) is 10.9 Å². The fourth-order valence-electron chi connectivity index (χ4n) is 2.00. The molecule has 0 atom stereocenters. The van der Waals surface area contributed by atoms with E-state index >= 15 is 0 Å². The van der Waals surface area contributed by atoms with Crippen LogP contribution in [-0.4, -0.2) is 10.1 Å². The van der Waals surface area contributed by atoms with Crippen molar-refractivity contribution in [1.29, 1.82) is 0 Å². The van der Waals surface area contributed by atoms with Gasteiger partial charge in [0.25, 0.3) is 0 Å². The van der Waals surface area contributed by atoms with E-state index in [2.05, 4.69) is 36.8 Å². The first kappa shape index (κ1) is 11.7. The topological polar surface area (TPSA) is 53.1 Å². The summed E-state index contributed by atoms with van der Waals surface area (Å²) in [6.07, 6.45) is 0. The molecular formula is C13H7Br2NO2. The molecule has 0 amide bonds. The number of nitrogens with one attached hydrogen (secondary N) is 1. The standard InChI is InChI=1S/C13H7Br2NO2/c14-6-1-2-10-8(3-6)13(18)9-4-7(15)5-11(17)12(9)16-10/h1-5,17H,(H,16,18). The first-order chi connectivity index (χ1) is 8.56. The van der Waals surface area contributed by atoms with Crippen LogP contribution in [0.25, 0.3) is 21.8 Å². The van der Waals surface area contributed by atoms with Crippen LogP contribution in [0, 0.1) is 0 Å². The van der Waals surface area contributed by atoms with Crippen LogP contribution in [0.4, 0.5) is 0 Å². The number of aromatic hydroxyl groups is 1. The van der Waals surface area contributed by atoms with Crippen LogP contribution in [0.5, 0.6) is 5.75 Å². The lowest BCUT2D eigenvalue weighted by atomic mass is 10.1. The molecule has 0 aliphatic heterocycles. The molecule has 0 saturated heterocycles. The highest BCUT2D eigenvalue weighted by atomic mass is 79.9. The van der Waals surface area contributed by atoms with E-state index in [1.165, 1.54) is 0 Å². The molecule has 2 aromatic carbocycles. The summed E-state index contributed by atoms with van der Waals surface area (Å²) in [6.45, 7) is 0. The lowest BCUT2D eigenvalue weighted by Crippen LogP contribution is -2.04.